The van der Waals surface area contributed by atoms with E-state index in [9.17, 15) is 18.0 Å². The SMILES string of the molecule is CCCC(=O)N[C@@H]1CS(=O)(=O)C[C@H]1C(=O)N1CCN(CCOC)C(C)C1. The van der Waals surface area contributed by atoms with Crippen LogP contribution in [0.1, 0.15) is 26.7 Å². The summed E-state index contributed by atoms with van der Waals surface area (Å²) in [6.45, 7) is 7.27. The van der Waals surface area contributed by atoms with Crippen LogP contribution in [0.4, 0.5) is 0 Å². The van der Waals surface area contributed by atoms with Crippen LogP contribution in [-0.4, -0.2) is 93.5 Å². The maximum Gasteiger partial charge on any atom is 0.228 e. The molecule has 0 spiro atoms. The summed E-state index contributed by atoms with van der Waals surface area (Å²) in [5, 5.41) is 2.76. The lowest BCUT2D eigenvalue weighted by Crippen LogP contribution is -2.57. The Kier molecular flexibility index (Phi) is 7.42. The first-order chi connectivity index (χ1) is 12.3. The first kappa shape index (κ1) is 21.1. The maximum absolute atomic E-state index is 13.0. The standard InChI is InChI=1S/C17H31N3O5S/c1-4-5-16(21)18-15-12-26(23,24)11-14(15)17(22)20-7-6-19(8-9-25-3)13(2)10-20/h13-15H,4-12H2,1-3H3,(H,18,21)/t13?,14-,15-/m1/s1. The van der Waals surface area contributed by atoms with Gasteiger partial charge in [0.1, 0.15) is 0 Å². The van der Waals surface area contributed by atoms with E-state index < -0.39 is 21.8 Å². The van der Waals surface area contributed by atoms with E-state index in [1.165, 1.54) is 0 Å². The van der Waals surface area contributed by atoms with Gasteiger partial charge in [0.05, 0.1) is 30.1 Å². The highest BCUT2D eigenvalue weighted by Crippen LogP contribution is 2.23. The molecule has 2 heterocycles. The van der Waals surface area contributed by atoms with Crippen LogP contribution in [0.25, 0.3) is 0 Å². The van der Waals surface area contributed by atoms with Crippen molar-refractivity contribution in [2.24, 2.45) is 5.92 Å². The Morgan fingerprint density at radius 3 is 2.58 bits per heavy atom. The second-order valence-corrected chi connectivity index (χ2v) is 9.42. The van der Waals surface area contributed by atoms with Gasteiger partial charge in [-0.3, -0.25) is 14.5 Å². The van der Waals surface area contributed by atoms with Crippen molar-refractivity contribution in [3.63, 3.8) is 0 Å². The van der Waals surface area contributed by atoms with E-state index in [1.54, 1.807) is 12.0 Å². The van der Waals surface area contributed by atoms with Crippen molar-refractivity contribution < 1.29 is 22.7 Å². The van der Waals surface area contributed by atoms with Gasteiger partial charge in [-0.15, -0.1) is 0 Å². The van der Waals surface area contributed by atoms with E-state index in [-0.39, 0.29) is 29.4 Å². The Morgan fingerprint density at radius 2 is 1.96 bits per heavy atom. The zero-order valence-electron chi connectivity index (χ0n) is 15.9. The van der Waals surface area contributed by atoms with Gasteiger partial charge in [-0.1, -0.05) is 6.92 Å². The molecule has 0 radical (unpaired) electrons. The molecule has 2 amide bonds. The molecule has 9 heteroatoms. The quantitative estimate of drug-likeness (QED) is 0.630. The number of ether oxygens (including phenoxy) is 1. The molecule has 26 heavy (non-hydrogen) atoms. The summed E-state index contributed by atoms with van der Waals surface area (Å²) >= 11 is 0. The Labute approximate surface area is 156 Å². The lowest BCUT2D eigenvalue weighted by atomic mass is 10.0. The summed E-state index contributed by atoms with van der Waals surface area (Å²) in [7, 11) is -1.65. The predicted molar refractivity (Wildman–Crippen MR) is 98.5 cm³/mol. The van der Waals surface area contributed by atoms with Crippen LogP contribution in [-0.2, 0) is 24.2 Å². The third-order valence-electron chi connectivity index (χ3n) is 5.15. The van der Waals surface area contributed by atoms with E-state index in [1.807, 2.05) is 6.92 Å². The number of carbonyl (C=O) groups excluding carboxylic acids is 2. The number of piperazine rings is 1. The lowest BCUT2D eigenvalue weighted by Gasteiger charge is -2.41. The fraction of sp³-hybridized carbons (Fsp3) is 0.882. The van der Waals surface area contributed by atoms with Gasteiger partial charge in [0.2, 0.25) is 11.8 Å². The van der Waals surface area contributed by atoms with Crippen molar-refractivity contribution in [2.75, 3.05) is 51.4 Å². The molecule has 2 rings (SSSR count). The lowest BCUT2D eigenvalue weighted by molar-refractivity contribution is -0.138. The molecule has 0 bridgehead atoms. The summed E-state index contributed by atoms with van der Waals surface area (Å²) < 4.78 is 29.3. The number of nitrogens with zero attached hydrogens (tertiary/aromatic N) is 2. The number of rotatable bonds is 7. The normalized spacial score (nSPS) is 28.9. The van der Waals surface area contributed by atoms with Gasteiger partial charge < -0.3 is 15.0 Å². The minimum Gasteiger partial charge on any atom is -0.383 e. The largest absolute Gasteiger partial charge is 0.383 e. The van der Waals surface area contributed by atoms with Gasteiger partial charge in [0, 0.05) is 45.8 Å². The van der Waals surface area contributed by atoms with Gasteiger partial charge in [-0.2, -0.15) is 0 Å². The second-order valence-electron chi connectivity index (χ2n) is 7.27. The first-order valence-electron chi connectivity index (χ1n) is 9.29. The van der Waals surface area contributed by atoms with Crippen molar-refractivity contribution in [2.45, 2.75) is 38.8 Å². The van der Waals surface area contributed by atoms with Crippen LogP contribution in [0.3, 0.4) is 0 Å². The van der Waals surface area contributed by atoms with Crippen LogP contribution in [0.15, 0.2) is 0 Å². The molecule has 1 unspecified atom stereocenters. The molecule has 2 fully saturated rings. The topological polar surface area (TPSA) is 96.0 Å². The van der Waals surface area contributed by atoms with Gasteiger partial charge >= 0.3 is 0 Å². The summed E-state index contributed by atoms with van der Waals surface area (Å²) in [4.78, 5) is 28.9. The number of nitrogens with one attached hydrogen (secondary N) is 1. The van der Waals surface area contributed by atoms with Gasteiger partial charge in [-0.05, 0) is 13.3 Å². The average Bonchev–Trinajstić information content (AvgIpc) is 2.87. The third-order valence-corrected chi connectivity index (χ3v) is 6.89. The Morgan fingerprint density at radius 1 is 1.23 bits per heavy atom. The highest BCUT2D eigenvalue weighted by Gasteiger charge is 2.44. The van der Waals surface area contributed by atoms with Crippen molar-refractivity contribution in [3.05, 3.63) is 0 Å². The molecule has 0 aliphatic carbocycles. The summed E-state index contributed by atoms with van der Waals surface area (Å²) in [6.07, 6.45) is 1.03. The van der Waals surface area contributed by atoms with Crippen molar-refractivity contribution in [1.29, 1.82) is 0 Å². The third kappa shape index (κ3) is 5.40. The number of amides is 2. The van der Waals surface area contributed by atoms with Crippen LogP contribution in [0.5, 0.6) is 0 Å². The van der Waals surface area contributed by atoms with E-state index in [0.29, 0.717) is 32.5 Å². The highest BCUT2D eigenvalue weighted by molar-refractivity contribution is 7.91. The molecule has 3 atom stereocenters. The van der Waals surface area contributed by atoms with E-state index in [4.69, 9.17) is 4.74 Å². The van der Waals surface area contributed by atoms with E-state index >= 15 is 0 Å². The zero-order chi connectivity index (χ0) is 19.3. The Hall–Kier alpha value is -1.19. The minimum atomic E-state index is -3.31. The monoisotopic (exact) mass is 389 g/mol. The van der Waals surface area contributed by atoms with Crippen LogP contribution < -0.4 is 5.32 Å². The molecule has 0 aromatic carbocycles. The molecular formula is C17H31N3O5S. The number of hydrogen-bond acceptors (Lipinski definition) is 6. The second kappa shape index (κ2) is 9.14. The smallest absolute Gasteiger partial charge is 0.228 e. The summed E-state index contributed by atoms with van der Waals surface area (Å²) in [6, 6.07) is -0.428. The molecule has 2 aliphatic rings. The van der Waals surface area contributed by atoms with E-state index in [0.717, 1.165) is 13.1 Å². The van der Waals surface area contributed by atoms with Crippen molar-refractivity contribution >= 4 is 21.7 Å². The molecule has 150 valence electrons. The molecular weight excluding hydrogens is 358 g/mol. The highest BCUT2D eigenvalue weighted by atomic mass is 32.2. The van der Waals surface area contributed by atoms with Gasteiger partial charge in [0.15, 0.2) is 9.84 Å². The minimum absolute atomic E-state index is 0.151. The van der Waals surface area contributed by atoms with Crippen LogP contribution in [0, 0.1) is 5.92 Å². The molecule has 2 aliphatic heterocycles. The summed E-state index contributed by atoms with van der Waals surface area (Å²) in [5.74, 6) is -1.36. The van der Waals surface area contributed by atoms with E-state index in [2.05, 4.69) is 17.1 Å². The van der Waals surface area contributed by atoms with Gasteiger partial charge in [0.25, 0.3) is 0 Å². The fourth-order valence-electron chi connectivity index (χ4n) is 3.71. The van der Waals surface area contributed by atoms with Crippen molar-refractivity contribution in [3.8, 4) is 0 Å². The maximum atomic E-state index is 13.0. The Balaban J connectivity index is 2.01. The van der Waals surface area contributed by atoms with Crippen LogP contribution in [0.2, 0.25) is 0 Å². The molecule has 0 aromatic rings. The fourth-order valence-corrected chi connectivity index (χ4v) is 5.63. The number of sulfone groups is 1. The first-order valence-corrected chi connectivity index (χ1v) is 11.1. The molecule has 0 saturated carbocycles. The molecule has 0 aromatic heterocycles. The Bertz CT molecular complexity index is 610. The molecule has 2 saturated heterocycles. The number of hydrogen-bond donors (Lipinski definition) is 1. The zero-order valence-corrected chi connectivity index (χ0v) is 16.8. The molecule has 8 nitrogen and oxygen atoms in total. The van der Waals surface area contributed by atoms with Gasteiger partial charge in [-0.25, -0.2) is 8.42 Å². The number of methoxy groups -OCH3 is 1. The van der Waals surface area contributed by atoms with Crippen LogP contribution >= 0.6 is 0 Å². The number of carbonyl (C=O) groups is 2. The predicted octanol–water partition coefficient (Wildman–Crippen LogP) is -0.505. The molecule has 1 N–H and O–H groups in total. The average molecular weight is 390 g/mol. The van der Waals surface area contributed by atoms with Crippen molar-refractivity contribution in [1.82, 2.24) is 15.1 Å². The summed E-state index contributed by atoms with van der Waals surface area (Å²) in [5.41, 5.74) is 0.